The van der Waals surface area contributed by atoms with Crippen molar-refractivity contribution in [3.8, 4) is 0 Å². The summed E-state index contributed by atoms with van der Waals surface area (Å²) >= 11 is 0. The molecule has 0 unspecified atom stereocenters. The summed E-state index contributed by atoms with van der Waals surface area (Å²) in [6.45, 7) is 5.46. The number of carbonyl (C=O) groups is 1. The summed E-state index contributed by atoms with van der Waals surface area (Å²) in [5.41, 5.74) is 1.85. The highest BCUT2D eigenvalue weighted by atomic mass is 16.6. The number of ether oxygens (including phenoxy) is 1. The minimum Gasteiger partial charge on any atom is -0.442 e. The largest absolute Gasteiger partial charge is 0.442 e. The van der Waals surface area contributed by atoms with Crippen LogP contribution in [0.5, 0.6) is 0 Å². The molecule has 118 valence electrons. The standard InChI is InChI=1S/C16H22N4O2/c1-10-7-17-11(2)15(18-10)19-8-13-14(9-19)22-16(21)20(13)12-5-3-4-6-12/h7,12-14H,3-6,8-9H2,1-2H3/t13-,14+/m0/s1. The predicted molar refractivity (Wildman–Crippen MR) is 81.9 cm³/mol. The van der Waals surface area contributed by atoms with E-state index in [1.807, 2.05) is 18.7 Å². The maximum absolute atomic E-state index is 12.2. The van der Waals surface area contributed by atoms with E-state index in [1.54, 1.807) is 6.20 Å². The van der Waals surface area contributed by atoms with Crippen LogP contribution in [0.15, 0.2) is 6.20 Å². The van der Waals surface area contributed by atoms with Crippen LogP contribution in [-0.2, 0) is 4.74 Å². The molecule has 1 aromatic heterocycles. The maximum Gasteiger partial charge on any atom is 0.410 e. The second kappa shape index (κ2) is 5.11. The Labute approximate surface area is 130 Å². The van der Waals surface area contributed by atoms with Crippen molar-refractivity contribution in [2.45, 2.75) is 57.7 Å². The van der Waals surface area contributed by atoms with E-state index in [0.717, 1.165) is 43.1 Å². The summed E-state index contributed by atoms with van der Waals surface area (Å²) in [6, 6.07) is 0.532. The van der Waals surface area contributed by atoms with Crippen molar-refractivity contribution in [1.82, 2.24) is 14.9 Å². The zero-order chi connectivity index (χ0) is 15.3. The summed E-state index contributed by atoms with van der Waals surface area (Å²) in [7, 11) is 0. The van der Waals surface area contributed by atoms with E-state index in [0.29, 0.717) is 6.04 Å². The van der Waals surface area contributed by atoms with E-state index in [1.165, 1.54) is 12.8 Å². The fourth-order valence-electron chi connectivity index (χ4n) is 4.06. The summed E-state index contributed by atoms with van der Waals surface area (Å²) in [4.78, 5) is 25.5. The smallest absolute Gasteiger partial charge is 0.410 e. The molecule has 22 heavy (non-hydrogen) atoms. The number of aromatic nitrogens is 2. The molecule has 0 N–H and O–H groups in total. The summed E-state index contributed by atoms with van der Waals surface area (Å²) < 4.78 is 5.63. The first-order valence-electron chi connectivity index (χ1n) is 8.17. The van der Waals surface area contributed by atoms with Crippen LogP contribution in [-0.4, -0.2) is 52.2 Å². The van der Waals surface area contributed by atoms with E-state index in [4.69, 9.17) is 4.74 Å². The van der Waals surface area contributed by atoms with Gasteiger partial charge in [0, 0.05) is 18.8 Å². The fourth-order valence-corrected chi connectivity index (χ4v) is 4.06. The molecule has 6 nitrogen and oxygen atoms in total. The van der Waals surface area contributed by atoms with Gasteiger partial charge in [0.1, 0.15) is 6.10 Å². The van der Waals surface area contributed by atoms with Crippen molar-refractivity contribution in [2.24, 2.45) is 0 Å². The van der Waals surface area contributed by atoms with Crippen molar-refractivity contribution >= 4 is 11.9 Å². The second-order valence-electron chi connectivity index (χ2n) is 6.66. The molecule has 3 heterocycles. The van der Waals surface area contributed by atoms with Crippen LogP contribution in [0, 0.1) is 13.8 Å². The van der Waals surface area contributed by atoms with Gasteiger partial charge in [-0.25, -0.2) is 9.78 Å². The van der Waals surface area contributed by atoms with E-state index in [-0.39, 0.29) is 18.2 Å². The average molecular weight is 302 g/mol. The monoisotopic (exact) mass is 302 g/mol. The molecule has 6 heteroatoms. The Morgan fingerprint density at radius 1 is 1.23 bits per heavy atom. The fraction of sp³-hybridized carbons (Fsp3) is 0.688. The number of fused-ring (bicyclic) bond motifs is 1. The van der Waals surface area contributed by atoms with E-state index in [2.05, 4.69) is 14.9 Å². The molecule has 2 saturated heterocycles. The van der Waals surface area contributed by atoms with Gasteiger partial charge < -0.3 is 9.64 Å². The van der Waals surface area contributed by atoms with E-state index in [9.17, 15) is 4.79 Å². The molecule has 3 aliphatic rings. The number of hydrogen-bond donors (Lipinski definition) is 0. The number of carbonyl (C=O) groups excluding carboxylic acids is 1. The summed E-state index contributed by atoms with van der Waals surface area (Å²) in [5, 5.41) is 0. The Kier molecular flexibility index (Phi) is 3.20. The molecule has 0 spiro atoms. The lowest BCUT2D eigenvalue weighted by atomic mass is 10.1. The highest BCUT2D eigenvalue weighted by Gasteiger charge is 2.50. The van der Waals surface area contributed by atoms with Gasteiger partial charge in [-0.15, -0.1) is 0 Å². The Balaban J connectivity index is 1.57. The van der Waals surface area contributed by atoms with Crippen LogP contribution in [0.1, 0.15) is 37.1 Å². The van der Waals surface area contributed by atoms with Crippen LogP contribution in [0.2, 0.25) is 0 Å². The van der Waals surface area contributed by atoms with Gasteiger partial charge in [0.2, 0.25) is 0 Å². The lowest BCUT2D eigenvalue weighted by Crippen LogP contribution is -2.44. The van der Waals surface area contributed by atoms with Gasteiger partial charge in [0.05, 0.1) is 24.0 Å². The van der Waals surface area contributed by atoms with Crippen molar-refractivity contribution in [2.75, 3.05) is 18.0 Å². The number of rotatable bonds is 2. The van der Waals surface area contributed by atoms with Gasteiger partial charge in [0.15, 0.2) is 5.82 Å². The van der Waals surface area contributed by atoms with Gasteiger partial charge in [-0.1, -0.05) is 12.8 Å². The Morgan fingerprint density at radius 2 is 2.00 bits per heavy atom. The summed E-state index contributed by atoms with van der Waals surface area (Å²) in [6.07, 6.45) is 6.31. The molecule has 2 atom stereocenters. The average Bonchev–Trinajstić information content (AvgIpc) is 3.17. The number of nitrogens with zero attached hydrogens (tertiary/aromatic N) is 4. The third kappa shape index (κ3) is 2.12. The normalized spacial score (nSPS) is 28.4. The highest BCUT2D eigenvalue weighted by molar-refractivity contribution is 5.72. The Hall–Kier alpha value is -1.85. The first-order valence-corrected chi connectivity index (χ1v) is 8.17. The minimum atomic E-state index is -0.117. The van der Waals surface area contributed by atoms with Crippen LogP contribution in [0.25, 0.3) is 0 Å². The highest BCUT2D eigenvalue weighted by Crippen LogP contribution is 2.35. The second-order valence-corrected chi connectivity index (χ2v) is 6.66. The van der Waals surface area contributed by atoms with Crippen LogP contribution < -0.4 is 4.90 Å². The molecule has 0 aromatic carbocycles. The van der Waals surface area contributed by atoms with Gasteiger partial charge in [-0.3, -0.25) is 9.88 Å². The van der Waals surface area contributed by atoms with Crippen LogP contribution >= 0.6 is 0 Å². The molecule has 0 radical (unpaired) electrons. The quantitative estimate of drug-likeness (QED) is 0.837. The third-order valence-corrected chi connectivity index (χ3v) is 5.13. The van der Waals surface area contributed by atoms with Crippen molar-refractivity contribution in [3.63, 3.8) is 0 Å². The van der Waals surface area contributed by atoms with Crippen LogP contribution in [0.4, 0.5) is 10.6 Å². The molecular weight excluding hydrogens is 280 g/mol. The topological polar surface area (TPSA) is 58.6 Å². The molecule has 1 aromatic rings. The lowest BCUT2D eigenvalue weighted by molar-refractivity contribution is 0.130. The number of aryl methyl sites for hydroxylation is 2. The van der Waals surface area contributed by atoms with Gasteiger partial charge in [-0.2, -0.15) is 0 Å². The molecule has 1 aliphatic carbocycles. The molecule has 2 aliphatic heterocycles. The third-order valence-electron chi connectivity index (χ3n) is 5.13. The first-order chi connectivity index (χ1) is 10.6. The minimum absolute atomic E-state index is 0.0326. The zero-order valence-electron chi connectivity index (χ0n) is 13.2. The molecule has 1 amide bonds. The number of amides is 1. The molecule has 3 fully saturated rings. The Bertz CT molecular complexity index is 600. The van der Waals surface area contributed by atoms with Gasteiger partial charge in [0.25, 0.3) is 0 Å². The summed E-state index contributed by atoms with van der Waals surface area (Å²) in [5.74, 6) is 0.928. The SMILES string of the molecule is Cc1cnc(C)c(N2C[C@H]3OC(=O)N(C4CCCC4)[C@H]3C2)n1. The molecule has 0 bridgehead atoms. The number of hydrogen-bond acceptors (Lipinski definition) is 5. The maximum atomic E-state index is 12.2. The van der Waals surface area contributed by atoms with Gasteiger partial charge >= 0.3 is 6.09 Å². The number of anilines is 1. The van der Waals surface area contributed by atoms with Crippen LogP contribution in [0.3, 0.4) is 0 Å². The van der Waals surface area contributed by atoms with Gasteiger partial charge in [-0.05, 0) is 26.7 Å². The van der Waals surface area contributed by atoms with Crippen molar-refractivity contribution in [1.29, 1.82) is 0 Å². The van der Waals surface area contributed by atoms with Crippen molar-refractivity contribution in [3.05, 3.63) is 17.6 Å². The Morgan fingerprint density at radius 3 is 2.77 bits per heavy atom. The zero-order valence-corrected chi connectivity index (χ0v) is 13.2. The lowest BCUT2D eigenvalue weighted by Gasteiger charge is -2.28. The van der Waals surface area contributed by atoms with Crippen molar-refractivity contribution < 1.29 is 9.53 Å². The molecule has 4 rings (SSSR count). The molecule has 1 saturated carbocycles. The first kappa shape index (κ1) is 13.8. The molecular formula is C16H22N4O2. The van der Waals surface area contributed by atoms with E-state index < -0.39 is 0 Å². The predicted octanol–water partition coefficient (Wildman–Crippen LogP) is 2.05. The van der Waals surface area contributed by atoms with E-state index >= 15 is 0 Å².